The largest absolute Gasteiger partial charge is 0.496 e. The highest BCUT2D eigenvalue weighted by Gasteiger charge is 2.18. The van der Waals surface area contributed by atoms with Crippen molar-refractivity contribution in [2.24, 2.45) is 0 Å². The first-order valence-electron chi connectivity index (χ1n) is 7.62. The van der Waals surface area contributed by atoms with Crippen LogP contribution in [0.15, 0.2) is 42.5 Å². The second kappa shape index (κ2) is 8.10. The van der Waals surface area contributed by atoms with E-state index >= 15 is 0 Å². The average molecular weight is 329 g/mol. The molecular formula is C18H19NO5. The van der Waals surface area contributed by atoms with Crippen LogP contribution in [0.1, 0.15) is 29.3 Å². The summed E-state index contributed by atoms with van der Waals surface area (Å²) in [5.41, 5.74) is 1.45. The molecule has 0 atom stereocenters. The fourth-order valence-corrected chi connectivity index (χ4v) is 2.26. The third-order valence-corrected chi connectivity index (χ3v) is 3.54. The third-order valence-electron chi connectivity index (χ3n) is 3.54. The topological polar surface area (TPSA) is 78.7 Å². The molecule has 0 radical (unpaired) electrons. The molecule has 0 spiro atoms. The molecule has 0 saturated carbocycles. The molecule has 0 aliphatic rings. The average Bonchev–Trinajstić information content (AvgIpc) is 2.60. The van der Waals surface area contributed by atoms with Crippen molar-refractivity contribution in [3.8, 4) is 11.5 Å². The van der Waals surface area contributed by atoms with Gasteiger partial charge in [-0.15, -0.1) is 0 Å². The number of rotatable bonds is 8. The minimum absolute atomic E-state index is 0.0387. The highest BCUT2D eigenvalue weighted by molar-refractivity contribution is 5.97. The van der Waals surface area contributed by atoms with Crippen molar-refractivity contribution in [2.75, 3.05) is 13.7 Å². The summed E-state index contributed by atoms with van der Waals surface area (Å²) in [6.45, 7) is 1.83. The number of ketones is 1. The van der Waals surface area contributed by atoms with Crippen molar-refractivity contribution in [1.82, 2.24) is 0 Å². The number of ether oxygens (including phenoxy) is 2. The second-order valence-electron chi connectivity index (χ2n) is 5.25. The number of aryl methyl sites for hydroxylation is 1. The number of benzene rings is 2. The van der Waals surface area contributed by atoms with Gasteiger partial charge in [0, 0.05) is 5.56 Å². The lowest BCUT2D eigenvalue weighted by Gasteiger charge is -2.08. The lowest BCUT2D eigenvalue weighted by atomic mass is 10.1. The quantitative estimate of drug-likeness (QED) is 0.418. The van der Waals surface area contributed by atoms with Gasteiger partial charge in [-0.05, 0) is 24.1 Å². The molecule has 2 aromatic carbocycles. The predicted molar refractivity (Wildman–Crippen MR) is 89.9 cm³/mol. The van der Waals surface area contributed by atoms with E-state index in [1.54, 1.807) is 18.2 Å². The van der Waals surface area contributed by atoms with Gasteiger partial charge in [-0.3, -0.25) is 14.9 Å². The zero-order valence-corrected chi connectivity index (χ0v) is 13.7. The first kappa shape index (κ1) is 17.5. The molecule has 126 valence electrons. The van der Waals surface area contributed by atoms with Gasteiger partial charge in [-0.2, -0.15) is 0 Å². The fourth-order valence-electron chi connectivity index (χ4n) is 2.26. The number of Topliss-reactive ketones (excluding diaryl/α,β-unsaturated/α-hetero) is 1. The van der Waals surface area contributed by atoms with E-state index in [-0.39, 0.29) is 23.8 Å². The molecular weight excluding hydrogens is 310 g/mol. The zero-order valence-electron chi connectivity index (χ0n) is 13.7. The molecule has 0 aromatic heterocycles. The SMILES string of the molecule is CCCc1ccc(C(=O)COc2ccc(OC)cc2[N+](=O)[O-])cc1. The fraction of sp³-hybridized carbons (Fsp3) is 0.278. The Kier molecular flexibility index (Phi) is 5.89. The van der Waals surface area contributed by atoms with Crippen LogP contribution >= 0.6 is 0 Å². The van der Waals surface area contributed by atoms with Crippen LogP contribution in [-0.2, 0) is 6.42 Å². The summed E-state index contributed by atoms with van der Waals surface area (Å²) in [7, 11) is 1.42. The Bertz CT molecular complexity index is 725. The molecule has 24 heavy (non-hydrogen) atoms. The molecule has 6 heteroatoms. The Labute approximate surface area is 140 Å². The Morgan fingerprint density at radius 2 is 1.88 bits per heavy atom. The molecule has 0 saturated heterocycles. The van der Waals surface area contributed by atoms with Crippen molar-refractivity contribution < 1.29 is 19.2 Å². The summed E-state index contributed by atoms with van der Waals surface area (Å²) in [5.74, 6) is 0.159. The number of nitro benzene ring substituents is 1. The van der Waals surface area contributed by atoms with Crippen LogP contribution in [0, 0.1) is 10.1 Å². The number of carbonyl (C=O) groups excluding carboxylic acids is 1. The molecule has 0 aliphatic carbocycles. The molecule has 6 nitrogen and oxygen atoms in total. The van der Waals surface area contributed by atoms with E-state index in [9.17, 15) is 14.9 Å². The summed E-state index contributed by atoms with van der Waals surface area (Å²) in [6.07, 6.45) is 2.00. The maximum absolute atomic E-state index is 12.2. The second-order valence-corrected chi connectivity index (χ2v) is 5.25. The van der Waals surface area contributed by atoms with Crippen molar-refractivity contribution in [3.63, 3.8) is 0 Å². The summed E-state index contributed by atoms with van der Waals surface area (Å²) >= 11 is 0. The molecule has 0 unspecified atom stereocenters. The predicted octanol–water partition coefficient (Wildman–Crippen LogP) is 3.82. The first-order chi connectivity index (χ1) is 11.5. The van der Waals surface area contributed by atoms with Gasteiger partial charge in [-0.25, -0.2) is 0 Å². The number of hydrogen-bond donors (Lipinski definition) is 0. The number of carbonyl (C=O) groups is 1. The molecule has 0 heterocycles. The maximum Gasteiger partial charge on any atom is 0.314 e. The smallest absolute Gasteiger partial charge is 0.314 e. The molecule has 0 bridgehead atoms. The van der Waals surface area contributed by atoms with Gasteiger partial charge >= 0.3 is 5.69 Å². The number of hydrogen-bond acceptors (Lipinski definition) is 5. The Balaban J connectivity index is 2.07. The van der Waals surface area contributed by atoms with Crippen molar-refractivity contribution in [2.45, 2.75) is 19.8 Å². The van der Waals surface area contributed by atoms with E-state index in [1.165, 1.54) is 24.8 Å². The highest BCUT2D eigenvalue weighted by atomic mass is 16.6. The monoisotopic (exact) mass is 329 g/mol. The van der Waals surface area contributed by atoms with E-state index in [4.69, 9.17) is 9.47 Å². The summed E-state index contributed by atoms with van der Waals surface area (Å²) < 4.78 is 10.3. The molecule has 0 aliphatic heterocycles. The molecule has 2 rings (SSSR count). The van der Waals surface area contributed by atoms with E-state index in [2.05, 4.69) is 6.92 Å². The number of methoxy groups -OCH3 is 1. The van der Waals surface area contributed by atoms with Gasteiger partial charge in [0.25, 0.3) is 0 Å². The summed E-state index contributed by atoms with van der Waals surface area (Å²) in [5, 5.41) is 11.1. The Hall–Kier alpha value is -2.89. The molecule has 0 fully saturated rings. The van der Waals surface area contributed by atoms with Crippen molar-refractivity contribution in [3.05, 3.63) is 63.7 Å². The van der Waals surface area contributed by atoms with Gasteiger partial charge in [0.15, 0.2) is 18.1 Å². The summed E-state index contributed by atoms with van der Waals surface area (Å²) in [6, 6.07) is 11.6. The van der Waals surface area contributed by atoms with Gasteiger partial charge in [0.2, 0.25) is 0 Å². The standard InChI is InChI=1S/C18H19NO5/c1-3-4-13-5-7-14(8-6-13)17(20)12-24-18-10-9-15(23-2)11-16(18)19(21)22/h5-11H,3-4,12H2,1-2H3. The zero-order chi connectivity index (χ0) is 17.5. The minimum Gasteiger partial charge on any atom is -0.496 e. The Morgan fingerprint density at radius 1 is 1.17 bits per heavy atom. The third kappa shape index (κ3) is 4.32. The normalized spacial score (nSPS) is 10.2. The molecule has 0 N–H and O–H groups in total. The lowest BCUT2D eigenvalue weighted by Crippen LogP contribution is -2.12. The van der Waals surface area contributed by atoms with E-state index in [0.29, 0.717) is 11.3 Å². The molecule has 0 amide bonds. The van der Waals surface area contributed by atoms with Crippen LogP contribution in [0.2, 0.25) is 0 Å². The number of nitro groups is 1. The molecule has 2 aromatic rings. The van der Waals surface area contributed by atoms with Crippen LogP contribution in [-0.4, -0.2) is 24.4 Å². The minimum atomic E-state index is -0.568. The van der Waals surface area contributed by atoms with Gasteiger partial charge < -0.3 is 9.47 Å². The van der Waals surface area contributed by atoms with Crippen molar-refractivity contribution >= 4 is 11.5 Å². The maximum atomic E-state index is 12.2. The van der Waals surface area contributed by atoms with E-state index < -0.39 is 4.92 Å². The van der Waals surface area contributed by atoms with Crippen LogP contribution in [0.3, 0.4) is 0 Å². The van der Waals surface area contributed by atoms with Crippen LogP contribution < -0.4 is 9.47 Å². The van der Waals surface area contributed by atoms with Gasteiger partial charge in [-0.1, -0.05) is 37.6 Å². The lowest BCUT2D eigenvalue weighted by molar-refractivity contribution is -0.385. The van der Waals surface area contributed by atoms with E-state index in [0.717, 1.165) is 12.8 Å². The Morgan fingerprint density at radius 3 is 2.46 bits per heavy atom. The van der Waals surface area contributed by atoms with Crippen molar-refractivity contribution in [1.29, 1.82) is 0 Å². The van der Waals surface area contributed by atoms with Gasteiger partial charge in [0.05, 0.1) is 18.1 Å². The van der Waals surface area contributed by atoms with Gasteiger partial charge in [0.1, 0.15) is 5.75 Å². The van der Waals surface area contributed by atoms with Crippen LogP contribution in [0.5, 0.6) is 11.5 Å². The highest BCUT2D eigenvalue weighted by Crippen LogP contribution is 2.31. The first-order valence-corrected chi connectivity index (χ1v) is 7.62. The van der Waals surface area contributed by atoms with E-state index in [1.807, 2.05) is 12.1 Å². The van der Waals surface area contributed by atoms with Crippen LogP contribution in [0.4, 0.5) is 5.69 Å². The number of nitrogens with zero attached hydrogens (tertiary/aromatic N) is 1. The van der Waals surface area contributed by atoms with Crippen LogP contribution in [0.25, 0.3) is 0 Å². The summed E-state index contributed by atoms with van der Waals surface area (Å²) in [4.78, 5) is 22.7.